The molecule has 0 radical (unpaired) electrons. The van der Waals surface area contributed by atoms with E-state index in [4.69, 9.17) is 9.83 Å². The number of fused-ring (bicyclic) bond motifs is 2. The fourth-order valence-corrected chi connectivity index (χ4v) is 3.03. The summed E-state index contributed by atoms with van der Waals surface area (Å²) in [6.45, 7) is 0. The van der Waals surface area contributed by atoms with Gasteiger partial charge in [0.05, 0.1) is 11.6 Å². The quantitative estimate of drug-likeness (QED) is 0.558. The SMILES string of the molecule is [NH2+]=c1ccc2c(-c3ccccc3C(=O)O)c3ccccc3oc-2c1. The molecule has 0 unspecified atom stereocenters. The lowest BCUT2D eigenvalue weighted by Gasteiger charge is -2.16. The monoisotopic (exact) mass is 316 g/mol. The number of nitrogens with two attached hydrogens (primary N) is 1. The Labute approximate surface area is 137 Å². The maximum atomic E-state index is 11.7. The van der Waals surface area contributed by atoms with Gasteiger partial charge in [0, 0.05) is 22.6 Å². The van der Waals surface area contributed by atoms with E-state index in [0.29, 0.717) is 22.3 Å². The summed E-state index contributed by atoms with van der Waals surface area (Å²) < 4.78 is 5.96. The van der Waals surface area contributed by atoms with Crippen LogP contribution in [0.2, 0.25) is 0 Å². The van der Waals surface area contributed by atoms with Gasteiger partial charge in [-0.25, -0.2) is 4.79 Å². The zero-order chi connectivity index (χ0) is 16.7. The Morgan fingerprint density at radius 3 is 2.50 bits per heavy atom. The van der Waals surface area contributed by atoms with Crippen molar-refractivity contribution < 1.29 is 19.7 Å². The summed E-state index contributed by atoms with van der Waals surface area (Å²) in [7, 11) is 0. The van der Waals surface area contributed by atoms with Crippen LogP contribution in [-0.4, -0.2) is 11.1 Å². The van der Waals surface area contributed by atoms with Gasteiger partial charge in [0.15, 0.2) is 5.36 Å². The van der Waals surface area contributed by atoms with Crippen LogP contribution in [0.25, 0.3) is 33.4 Å². The molecule has 116 valence electrons. The fraction of sp³-hybridized carbons (Fsp3) is 0. The van der Waals surface area contributed by atoms with Gasteiger partial charge < -0.3 is 9.52 Å². The third kappa shape index (κ3) is 2.16. The summed E-state index contributed by atoms with van der Waals surface area (Å²) in [5.41, 5.74) is 3.27. The molecule has 24 heavy (non-hydrogen) atoms. The number of aromatic carboxylic acids is 1. The van der Waals surface area contributed by atoms with Gasteiger partial charge in [-0.2, -0.15) is 0 Å². The summed E-state index contributed by atoms with van der Waals surface area (Å²) in [5, 5.41) is 16.9. The van der Waals surface area contributed by atoms with E-state index in [0.717, 1.165) is 16.5 Å². The summed E-state index contributed by atoms with van der Waals surface area (Å²) in [6, 6.07) is 20.0. The lowest BCUT2D eigenvalue weighted by atomic mass is 9.91. The van der Waals surface area contributed by atoms with Gasteiger partial charge in [-0.3, -0.25) is 5.41 Å². The molecule has 0 amide bonds. The number of carboxylic acid groups (broad SMARTS) is 1. The molecule has 0 bridgehead atoms. The number of benzene rings is 3. The molecule has 0 atom stereocenters. The molecular formula is C20H14NO3+. The van der Waals surface area contributed by atoms with Crippen LogP contribution < -0.4 is 10.8 Å². The Hall–Kier alpha value is -3.40. The van der Waals surface area contributed by atoms with Gasteiger partial charge in [-0.1, -0.05) is 36.4 Å². The minimum Gasteiger partial charge on any atom is -0.478 e. The van der Waals surface area contributed by atoms with Crippen LogP contribution in [0, 0.1) is 0 Å². The zero-order valence-electron chi connectivity index (χ0n) is 12.7. The standard InChI is InChI=1S/C20H13NO3/c21-12-9-10-16-18(11-12)24-17-8-4-3-7-15(17)19(16)13-5-1-2-6-14(13)20(22)23/h1-11,21H,(H,22,23)/p+1. The molecule has 4 rings (SSSR count). The molecule has 0 aromatic heterocycles. The minimum absolute atomic E-state index is 0.256. The Bertz CT molecular complexity index is 1110. The molecule has 0 spiro atoms. The lowest BCUT2D eigenvalue weighted by Crippen LogP contribution is -2.44. The number of hydrogen-bond acceptors (Lipinski definition) is 2. The average molecular weight is 316 g/mol. The molecule has 2 aromatic rings. The van der Waals surface area contributed by atoms with Gasteiger partial charge in [0.2, 0.25) is 0 Å². The van der Waals surface area contributed by atoms with Crippen LogP contribution >= 0.6 is 0 Å². The molecule has 1 aliphatic carbocycles. The van der Waals surface area contributed by atoms with E-state index < -0.39 is 5.97 Å². The van der Waals surface area contributed by atoms with Crippen LogP contribution in [0.4, 0.5) is 0 Å². The molecule has 1 aliphatic heterocycles. The van der Waals surface area contributed by atoms with Gasteiger partial charge >= 0.3 is 5.97 Å². The second-order valence-electron chi connectivity index (χ2n) is 5.58. The first-order valence-corrected chi connectivity index (χ1v) is 7.52. The van der Waals surface area contributed by atoms with Gasteiger partial charge in [-0.15, -0.1) is 0 Å². The second kappa shape index (κ2) is 5.35. The Morgan fingerprint density at radius 2 is 1.67 bits per heavy atom. The van der Waals surface area contributed by atoms with Gasteiger partial charge in [0.25, 0.3) is 0 Å². The maximum Gasteiger partial charge on any atom is 0.336 e. The highest BCUT2D eigenvalue weighted by Gasteiger charge is 2.20. The number of rotatable bonds is 2. The summed E-state index contributed by atoms with van der Waals surface area (Å²) in [6.07, 6.45) is 0. The largest absolute Gasteiger partial charge is 0.478 e. The summed E-state index contributed by atoms with van der Waals surface area (Å²) in [5.74, 6) is -0.331. The molecule has 0 saturated carbocycles. The zero-order valence-corrected chi connectivity index (χ0v) is 12.7. The molecular weight excluding hydrogens is 302 g/mol. The average Bonchev–Trinajstić information content (AvgIpc) is 2.59. The molecule has 2 aromatic carbocycles. The van der Waals surface area contributed by atoms with Gasteiger partial charge in [-0.05, 0) is 23.8 Å². The van der Waals surface area contributed by atoms with Crippen molar-refractivity contribution in [3.63, 3.8) is 0 Å². The van der Waals surface area contributed by atoms with Crippen molar-refractivity contribution in [3.8, 4) is 22.5 Å². The fourth-order valence-electron chi connectivity index (χ4n) is 3.03. The first kappa shape index (κ1) is 14.2. The van der Waals surface area contributed by atoms with Crippen molar-refractivity contribution in [2.75, 3.05) is 0 Å². The van der Waals surface area contributed by atoms with Crippen molar-refractivity contribution in [1.29, 1.82) is 0 Å². The van der Waals surface area contributed by atoms with Crippen LogP contribution in [0.5, 0.6) is 0 Å². The van der Waals surface area contributed by atoms with E-state index in [2.05, 4.69) is 0 Å². The van der Waals surface area contributed by atoms with Crippen molar-refractivity contribution in [1.82, 2.24) is 0 Å². The molecule has 0 saturated heterocycles. The summed E-state index contributed by atoms with van der Waals surface area (Å²) in [4.78, 5) is 11.7. The van der Waals surface area contributed by atoms with Crippen LogP contribution in [0.1, 0.15) is 10.4 Å². The van der Waals surface area contributed by atoms with Crippen LogP contribution in [0.3, 0.4) is 0 Å². The molecule has 2 aliphatic rings. The first-order chi connectivity index (χ1) is 11.6. The minimum atomic E-state index is -0.959. The molecule has 4 heteroatoms. The van der Waals surface area contributed by atoms with Crippen LogP contribution in [-0.2, 0) is 0 Å². The Kier molecular flexibility index (Phi) is 3.17. The van der Waals surface area contributed by atoms with Crippen molar-refractivity contribution in [2.24, 2.45) is 0 Å². The van der Waals surface area contributed by atoms with E-state index in [-0.39, 0.29) is 5.56 Å². The van der Waals surface area contributed by atoms with Crippen LogP contribution in [0.15, 0.2) is 71.1 Å². The number of carbonyl (C=O) groups is 1. The van der Waals surface area contributed by atoms with E-state index >= 15 is 0 Å². The number of hydrogen-bond donors (Lipinski definition) is 2. The lowest BCUT2D eigenvalue weighted by molar-refractivity contribution is -0.172. The van der Waals surface area contributed by atoms with Crippen molar-refractivity contribution in [2.45, 2.75) is 0 Å². The van der Waals surface area contributed by atoms with E-state index in [1.165, 1.54) is 0 Å². The van der Waals surface area contributed by atoms with Gasteiger partial charge in [0.1, 0.15) is 11.3 Å². The predicted molar refractivity (Wildman–Crippen MR) is 90.3 cm³/mol. The third-order valence-corrected chi connectivity index (χ3v) is 4.08. The molecule has 0 fully saturated rings. The van der Waals surface area contributed by atoms with Crippen molar-refractivity contribution >= 4 is 16.9 Å². The normalized spacial score (nSPS) is 11.0. The third-order valence-electron chi connectivity index (χ3n) is 4.08. The molecule has 3 N–H and O–H groups in total. The Balaban J connectivity index is 2.22. The highest BCUT2D eigenvalue weighted by Crippen LogP contribution is 2.40. The van der Waals surface area contributed by atoms with Crippen molar-refractivity contribution in [3.05, 3.63) is 77.7 Å². The first-order valence-electron chi connectivity index (χ1n) is 7.52. The molecule has 1 heterocycles. The number of carboxylic acids is 1. The second-order valence-corrected chi connectivity index (χ2v) is 5.58. The van der Waals surface area contributed by atoms with E-state index in [9.17, 15) is 9.90 Å². The highest BCUT2D eigenvalue weighted by molar-refractivity contribution is 6.07. The highest BCUT2D eigenvalue weighted by atomic mass is 16.4. The predicted octanol–water partition coefficient (Wildman–Crippen LogP) is 2.56. The number of para-hydroxylation sites is 1. The smallest absolute Gasteiger partial charge is 0.336 e. The Morgan fingerprint density at radius 1 is 0.917 bits per heavy atom. The maximum absolute atomic E-state index is 11.7. The summed E-state index contributed by atoms with van der Waals surface area (Å²) >= 11 is 0. The molecule has 4 nitrogen and oxygen atoms in total. The topological polar surface area (TPSA) is 76.0 Å². The van der Waals surface area contributed by atoms with E-state index in [1.54, 1.807) is 24.3 Å². The van der Waals surface area contributed by atoms with E-state index in [1.807, 2.05) is 42.5 Å².